The monoisotopic (exact) mass is 166 g/mol. The van der Waals surface area contributed by atoms with Crippen LogP contribution in [-0.4, -0.2) is 24.1 Å². The van der Waals surface area contributed by atoms with E-state index in [1.54, 1.807) is 7.05 Å². The number of hydrogen-bond acceptors (Lipinski definition) is 4. The van der Waals surface area contributed by atoms with E-state index in [1.165, 1.54) is 0 Å². The highest BCUT2D eigenvalue weighted by molar-refractivity contribution is 5.46. The van der Waals surface area contributed by atoms with Gasteiger partial charge >= 0.3 is 0 Å². The summed E-state index contributed by atoms with van der Waals surface area (Å²) in [6.07, 6.45) is 2.78. The van der Waals surface area contributed by atoms with Crippen molar-refractivity contribution in [1.29, 1.82) is 0 Å². The van der Waals surface area contributed by atoms with Crippen LogP contribution in [0.25, 0.3) is 0 Å². The number of nitrogens with zero attached hydrogens (tertiary/aromatic N) is 2. The highest BCUT2D eigenvalue weighted by atomic mass is 15.1. The predicted molar refractivity (Wildman–Crippen MR) is 50.5 cm³/mol. The first-order valence-corrected chi connectivity index (χ1v) is 4.03. The molecule has 0 saturated heterocycles. The molecule has 4 heteroatoms. The Morgan fingerprint density at radius 2 is 2.08 bits per heavy atom. The molecule has 0 aromatic carbocycles. The van der Waals surface area contributed by atoms with Gasteiger partial charge in [0, 0.05) is 25.9 Å². The summed E-state index contributed by atoms with van der Waals surface area (Å²) in [5, 5.41) is 5.92. The van der Waals surface area contributed by atoms with Crippen LogP contribution < -0.4 is 10.6 Å². The normalized spacial score (nSPS) is 9.58. The van der Waals surface area contributed by atoms with Crippen molar-refractivity contribution in [3.8, 4) is 0 Å². The molecule has 0 bridgehead atoms. The maximum atomic E-state index is 4.25. The molecular formula is C8H14N4. The van der Waals surface area contributed by atoms with Gasteiger partial charge in [0.1, 0.15) is 5.82 Å². The van der Waals surface area contributed by atoms with Gasteiger partial charge in [-0.25, -0.2) is 4.98 Å². The lowest BCUT2D eigenvalue weighted by atomic mass is 10.2. The van der Waals surface area contributed by atoms with Crippen LogP contribution in [0.3, 0.4) is 0 Å². The molecule has 12 heavy (non-hydrogen) atoms. The third kappa shape index (κ3) is 1.64. The minimum atomic E-state index is 0.650. The lowest BCUT2D eigenvalue weighted by Crippen LogP contribution is -2.03. The fourth-order valence-electron chi connectivity index (χ4n) is 1.00. The second kappa shape index (κ2) is 3.90. The maximum Gasteiger partial charge on any atom is 0.224 e. The van der Waals surface area contributed by atoms with Crippen molar-refractivity contribution in [2.45, 2.75) is 13.3 Å². The van der Waals surface area contributed by atoms with Gasteiger partial charge in [0.2, 0.25) is 5.95 Å². The SMILES string of the molecule is CCc1cnc(NC)nc1NC. The molecule has 1 heterocycles. The first kappa shape index (κ1) is 8.77. The molecule has 0 aliphatic carbocycles. The molecule has 4 nitrogen and oxygen atoms in total. The topological polar surface area (TPSA) is 49.8 Å². The van der Waals surface area contributed by atoms with E-state index >= 15 is 0 Å². The summed E-state index contributed by atoms with van der Waals surface area (Å²) < 4.78 is 0. The lowest BCUT2D eigenvalue weighted by Gasteiger charge is -2.06. The zero-order chi connectivity index (χ0) is 8.97. The van der Waals surface area contributed by atoms with Crippen LogP contribution in [0, 0.1) is 0 Å². The molecule has 0 aliphatic heterocycles. The van der Waals surface area contributed by atoms with Crippen LogP contribution in [0.2, 0.25) is 0 Å². The number of rotatable bonds is 3. The van der Waals surface area contributed by atoms with Gasteiger partial charge in [-0.3, -0.25) is 0 Å². The van der Waals surface area contributed by atoms with Crippen molar-refractivity contribution in [3.05, 3.63) is 11.8 Å². The number of anilines is 2. The largest absolute Gasteiger partial charge is 0.373 e. The van der Waals surface area contributed by atoms with Crippen molar-refractivity contribution < 1.29 is 0 Å². The standard InChI is InChI=1S/C8H14N4/c1-4-6-5-11-8(10-3)12-7(6)9-2/h5H,4H2,1-3H3,(H2,9,10,11,12). The molecule has 0 atom stereocenters. The van der Waals surface area contributed by atoms with Gasteiger partial charge in [-0.1, -0.05) is 6.92 Å². The summed E-state index contributed by atoms with van der Waals surface area (Å²) in [6.45, 7) is 2.08. The summed E-state index contributed by atoms with van der Waals surface area (Å²) in [7, 11) is 3.67. The quantitative estimate of drug-likeness (QED) is 0.706. The van der Waals surface area contributed by atoms with Crippen molar-refractivity contribution in [2.75, 3.05) is 24.7 Å². The highest BCUT2D eigenvalue weighted by Crippen LogP contribution is 2.12. The Kier molecular flexibility index (Phi) is 2.85. The van der Waals surface area contributed by atoms with Crippen LogP contribution in [-0.2, 0) is 6.42 Å². The van der Waals surface area contributed by atoms with E-state index in [1.807, 2.05) is 13.2 Å². The first-order valence-electron chi connectivity index (χ1n) is 4.03. The van der Waals surface area contributed by atoms with Gasteiger partial charge in [0.25, 0.3) is 0 Å². The molecule has 0 radical (unpaired) electrons. The molecule has 2 N–H and O–H groups in total. The molecule has 1 aromatic rings. The lowest BCUT2D eigenvalue weighted by molar-refractivity contribution is 1.04. The third-order valence-electron chi connectivity index (χ3n) is 1.71. The average molecular weight is 166 g/mol. The predicted octanol–water partition coefficient (Wildman–Crippen LogP) is 1.12. The Balaban J connectivity index is 3.02. The molecule has 1 rings (SSSR count). The van der Waals surface area contributed by atoms with Crippen LogP contribution in [0.5, 0.6) is 0 Å². The van der Waals surface area contributed by atoms with Crippen molar-refractivity contribution in [1.82, 2.24) is 9.97 Å². The summed E-state index contributed by atoms with van der Waals surface area (Å²) in [5.41, 5.74) is 1.14. The van der Waals surface area contributed by atoms with Crippen molar-refractivity contribution in [3.63, 3.8) is 0 Å². The van der Waals surface area contributed by atoms with E-state index in [4.69, 9.17) is 0 Å². The summed E-state index contributed by atoms with van der Waals surface area (Å²) in [5.74, 6) is 1.55. The first-order chi connectivity index (χ1) is 5.81. The molecule has 0 amide bonds. The van der Waals surface area contributed by atoms with E-state index in [2.05, 4.69) is 27.5 Å². The summed E-state index contributed by atoms with van der Waals surface area (Å²) in [6, 6.07) is 0. The van der Waals surface area contributed by atoms with E-state index in [0.29, 0.717) is 5.95 Å². The molecule has 0 unspecified atom stereocenters. The second-order valence-electron chi connectivity index (χ2n) is 2.42. The molecule has 0 saturated carbocycles. The minimum Gasteiger partial charge on any atom is -0.373 e. The van der Waals surface area contributed by atoms with Gasteiger partial charge in [0.05, 0.1) is 0 Å². The Morgan fingerprint density at radius 1 is 1.33 bits per heavy atom. The van der Waals surface area contributed by atoms with Crippen LogP contribution >= 0.6 is 0 Å². The molecule has 66 valence electrons. The molecule has 1 aromatic heterocycles. The number of hydrogen-bond donors (Lipinski definition) is 2. The van der Waals surface area contributed by atoms with E-state index < -0.39 is 0 Å². The smallest absolute Gasteiger partial charge is 0.224 e. The van der Waals surface area contributed by atoms with Crippen LogP contribution in [0.1, 0.15) is 12.5 Å². The Hall–Kier alpha value is -1.32. The number of aromatic nitrogens is 2. The summed E-state index contributed by atoms with van der Waals surface area (Å²) >= 11 is 0. The maximum absolute atomic E-state index is 4.25. The minimum absolute atomic E-state index is 0.650. The van der Waals surface area contributed by atoms with Crippen LogP contribution in [0.15, 0.2) is 6.20 Å². The Labute approximate surface area is 72.4 Å². The zero-order valence-electron chi connectivity index (χ0n) is 7.68. The summed E-state index contributed by atoms with van der Waals surface area (Å²) in [4.78, 5) is 8.36. The molecule has 0 fully saturated rings. The molecule has 0 aliphatic rings. The Bertz CT molecular complexity index is 259. The van der Waals surface area contributed by atoms with Gasteiger partial charge in [-0.05, 0) is 6.42 Å². The fraction of sp³-hybridized carbons (Fsp3) is 0.500. The van der Waals surface area contributed by atoms with Gasteiger partial charge in [-0.15, -0.1) is 0 Å². The number of nitrogens with one attached hydrogen (secondary N) is 2. The highest BCUT2D eigenvalue weighted by Gasteiger charge is 2.01. The van der Waals surface area contributed by atoms with E-state index in [9.17, 15) is 0 Å². The second-order valence-corrected chi connectivity index (χ2v) is 2.42. The van der Waals surface area contributed by atoms with E-state index in [0.717, 1.165) is 17.8 Å². The van der Waals surface area contributed by atoms with Crippen LogP contribution in [0.4, 0.5) is 11.8 Å². The Morgan fingerprint density at radius 3 is 2.58 bits per heavy atom. The number of aryl methyl sites for hydroxylation is 1. The van der Waals surface area contributed by atoms with Crippen molar-refractivity contribution >= 4 is 11.8 Å². The zero-order valence-corrected chi connectivity index (χ0v) is 7.68. The third-order valence-corrected chi connectivity index (χ3v) is 1.71. The van der Waals surface area contributed by atoms with Gasteiger partial charge < -0.3 is 10.6 Å². The average Bonchev–Trinajstić information content (AvgIpc) is 2.16. The van der Waals surface area contributed by atoms with E-state index in [-0.39, 0.29) is 0 Å². The van der Waals surface area contributed by atoms with Crippen molar-refractivity contribution in [2.24, 2.45) is 0 Å². The van der Waals surface area contributed by atoms with Gasteiger partial charge in [-0.2, -0.15) is 4.98 Å². The fourth-order valence-corrected chi connectivity index (χ4v) is 1.00. The van der Waals surface area contributed by atoms with Gasteiger partial charge in [0.15, 0.2) is 0 Å². The molecule has 0 spiro atoms. The molecular weight excluding hydrogens is 152 g/mol.